The van der Waals surface area contributed by atoms with Crippen molar-refractivity contribution in [3.63, 3.8) is 0 Å². The summed E-state index contributed by atoms with van der Waals surface area (Å²) in [4.78, 5) is 12.0. The third-order valence-electron chi connectivity index (χ3n) is 2.89. The molecule has 1 atom stereocenters. The first-order valence-corrected chi connectivity index (χ1v) is 7.93. The number of nitrogens with one attached hydrogen (secondary N) is 1. The largest absolute Gasteiger partial charge is 0.387 e. The van der Waals surface area contributed by atoms with Crippen molar-refractivity contribution in [3.8, 4) is 11.3 Å². The molecule has 0 spiro atoms. The monoisotopic (exact) mass is 306 g/mol. The Morgan fingerprint density at radius 3 is 2.81 bits per heavy atom. The first-order chi connectivity index (χ1) is 10.0. The van der Waals surface area contributed by atoms with Crippen LogP contribution in [0.5, 0.6) is 0 Å². The molecule has 1 amide bonds. The quantitative estimate of drug-likeness (QED) is 0.855. The number of rotatable bonds is 6. The molecule has 1 aromatic carbocycles. The molecule has 1 unspecified atom stereocenters. The Kier molecular flexibility index (Phi) is 5.03. The van der Waals surface area contributed by atoms with E-state index in [0.717, 1.165) is 5.56 Å². The Labute approximate surface area is 127 Å². The molecular formula is C15H18N2O3S. The zero-order valence-electron chi connectivity index (χ0n) is 12.0. The number of hydrogen-bond donors (Lipinski definition) is 2. The number of aliphatic hydroxyl groups is 1. The Balaban J connectivity index is 2.00. The average molecular weight is 306 g/mol. The van der Waals surface area contributed by atoms with Gasteiger partial charge < -0.3 is 14.9 Å². The molecule has 1 heterocycles. The van der Waals surface area contributed by atoms with Crippen LogP contribution in [0.2, 0.25) is 0 Å². The number of nitrogens with zero attached hydrogens (tertiary/aromatic N) is 1. The summed E-state index contributed by atoms with van der Waals surface area (Å²) in [5.74, 6) is 0.723. The maximum Gasteiger partial charge on any atom is 0.273 e. The highest BCUT2D eigenvalue weighted by Crippen LogP contribution is 2.19. The predicted octanol–water partition coefficient (Wildman–Crippen LogP) is 2.19. The van der Waals surface area contributed by atoms with Crippen molar-refractivity contribution in [2.45, 2.75) is 12.5 Å². The van der Waals surface area contributed by atoms with Gasteiger partial charge in [0.25, 0.3) is 5.91 Å². The van der Waals surface area contributed by atoms with Crippen molar-refractivity contribution in [2.75, 3.05) is 18.6 Å². The Hall–Kier alpha value is -1.79. The highest BCUT2D eigenvalue weighted by atomic mass is 32.2. The number of thioether (sulfide) groups is 1. The minimum Gasteiger partial charge on any atom is -0.387 e. The molecule has 2 N–H and O–H groups in total. The normalized spacial score (nSPS) is 13.7. The van der Waals surface area contributed by atoms with Crippen molar-refractivity contribution in [1.82, 2.24) is 10.5 Å². The molecule has 0 bridgehead atoms. The fourth-order valence-electron chi connectivity index (χ4n) is 1.84. The van der Waals surface area contributed by atoms with Crippen LogP contribution in [0.1, 0.15) is 17.4 Å². The third kappa shape index (κ3) is 4.34. The van der Waals surface area contributed by atoms with Crippen LogP contribution in [0.15, 0.2) is 40.9 Å². The summed E-state index contributed by atoms with van der Waals surface area (Å²) >= 11 is 1.52. The van der Waals surface area contributed by atoms with Crippen LogP contribution in [0.4, 0.5) is 0 Å². The molecule has 112 valence electrons. The van der Waals surface area contributed by atoms with Gasteiger partial charge in [-0.1, -0.05) is 35.5 Å². The Morgan fingerprint density at radius 1 is 1.43 bits per heavy atom. The second-order valence-electron chi connectivity index (χ2n) is 5.06. The van der Waals surface area contributed by atoms with Crippen molar-refractivity contribution in [3.05, 3.63) is 42.1 Å². The lowest BCUT2D eigenvalue weighted by molar-refractivity contribution is 0.0720. The van der Waals surface area contributed by atoms with Crippen molar-refractivity contribution in [1.29, 1.82) is 0 Å². The van der Waals surface area contributed by atoms with E-state index in [1.54, 1.807) is 13.0 Å². The van der Waals surface area contributed by atoms with Crippen LogP contribution in [-0.4, -0.2) is 40.3 Å². The second kappa shape index (κ2) is 6.78. The lowest BCUT2D eigenvalue weighted by Crippen LogP contribution is -2.42. The van der Waals surface area contributed by atoms with E-state index in [1.165, 1.54) is 11.8 Å². The van der Waals surface area contributed by atoms with Crippen LogP contribution >= 0.6 is 11.8 Å². The first-order valence-electron chi connectivity index (χ1n) is 6.53. The van der Waals surface area contributed by atoms with Crippen LogP contribution in [0.25, 0.3) is 11.3 Å². The molecule has 2 rings (SSSR count). The molecule has 0 saturated carbocycles. The van der Waals surface area contributed by atoms with Crippen LogP contribution in [-0.2, 0) is 0 Å². The molecule has 1 aromatic heterocycles. The number of carbonyl (C=O) groups excluding carboxylic acids is 1. The summed E-state index contributed by atoms with van der Waals surface area (Å²) in [5.41, 5.74) is 0.119. The standard InChI is InChI=1S/C15H18N2O3S/c1-15(19,10-21-2)9-16-14(18)12-8-13(20-17-12)11-6-4-3-5-7-11/h3-8,19H,9-10H2,1-2H3,(H,16,18). The minimum absolute atomic E-state index is 0.167. The van der Waals surface area contributed by atoms with Crippen molar-refractivity contribution < 1.29 is 14.4 Å². The molecule has 6 heteroatoms. The zero-order chi connectivity index (χ0) is 15.3. The van der Waals surface area contributed by atoms with Gasteiger partial charge in [-0.2, -0.15) is 11.8 Å². The van der Waals surface area contributed by atoms with E-state index < -0.39 is 5.60 Å². The smallest absolute Gasteiger partial charge is 0.273 e. The van der Waals surface area contributed by atoms with E-state index in [1.807, 2.05) is 36.6 Å². The van der Waals surface area contributed by atoms with Crippen LogP contribution in [0.3, 0.4) is 0 Å². The average Bonchev–Trinajstić information content (AvgIpc) is 2.96. The summed E-state index contributed by atoms with van der Waals surface area (Å²) < 4.78 is 5.17. The molecule has 0 aliphatic carbocycles. The predicted molar refractivity (Wildman–Crippen MR) is 83.3 cm³/mol. The Bertz CT molecular complexity index is 596. The van der Waals surface area contributed by atoms with E-state index in [9.17, 15) is 9.90 Å². The van der Waals surface area contributed by atoms with Gasteiger partial charge in [-0.15, -0.1) is 0 Å². The van der Waals surface area contributed by atoms with Gasteiger partial charge in [-0.3, -0.25) is 4.79 Å². The van der Waals surface area contributed by atoms with Gasteiger partial charge in [-0.05, 0) is 13.2 Å². The summed E-state index contributed by atoms with van der Waals surface area (Å²) in [5, 5.41) is 16.4. The van der Waals surface area contributed by atoms with E-state index in [-0.39, 0.29) is 18.1 Å². The van der Waals surface area contributed by atoms with Gasteiger partial charge >= 0.3 is 0 Å². The third-order valence-corrected chi connectivity index (χ3v) is 3.80. The van der Waals surface area contributed by atoms with Gasteiger partial charge in [0.15, 0.2) is 11.5 Å². The molecule has 0 aliphatic rings. The van der Waals surface area contributed by atoms with Crippen LogP contribution < -0.4 is 5.32 Å². The van der Waals surface area contributed by atoms with E-state index >= 15 is 0 Å². The van der Waals surface area contributed by atoms with Gasteiger partial charge in [0.1, 0.15) is 0 Å². The first kappa shape index (κ1) is 15.6. The number of carbonyl (C=O) groups is 1. The minimum atomic E-state index is -0.943. The zero-order valence-corrected chi connectivity index (χ0v) is 12.8. The highest BCUT2D eigenvalue weighted by Gasteiger charge is 2.22. The van der Waals surface area contributed by atoms with Gasteiger partial charge in [0.2, 0.25) is 0 Å². The number of aromatic nitrogens is 1. The molecule has 2 aromatic rings. The van der Waals surface area contributed by atoms with Crippen LogP contribution in [0, 0.1) is 0 Å². The maximum atomic E-state index is 12.0. The molecule has 5 nitrogen and oxygen atoms in total. The number of amides is 1. The molecule has 0 saturated heterocycles. The molecule has 21 heavy (non-hydrogen) atoms. The SMILES string of the molecule is CSCC(C)(O)CNC(=O)c1cc(-c2ccccc2)on1. The highest BCUT2D eigenvalue weighted by molar-refractivity contribution is 7.98. The number of hydrogen-bond acceptors (Lipinski definition) is 5. The fraction of sp³-hybridized carbons (Fsp3) is 0.333. The van der Waals surface area contributed by atoms with Crippen molar-refractivity contribution >= 4 is 17.7 Å². The lowest BCUT2D eigenvalue weighted by atomic mass is 10.1. The maximum absolute atomic E-state index is 12.0. The topological polar surface area (TPSA) is 75.4 Å². The van der Waals surface area contributed by atoms with Gasteiger partial charge in [0.05, 0.1) is 5.60 Å². The molecule has 0 radical (unpaired) electrons. The summed E-state index contributed by atoms with van der Waals surface area (Å²) in [6, 6.07) is 11.0. The summed E-state index contributed by atoms with van der Waals surface area (Å²) in [6.07, 6.45) is 1.90. The van der Waals surface area contributed by atoms with E-state index in [2.05, 4.69) is 10.5 Å². The molecule has 0 aliphatic heterocycles. The van der Waals surface area contributed by atoms with E-state index in [0.29, 0.717) is 11.5 Å². The lowest BCUT2D eigenvalue weighted by Gasteiger charge is -2.22. The van der Waals surface area contributed by atoms with Gasteiger partial charge in [-0.25, -0.2) is 0 Å². The second-order valence-corrected chi connectivity index (χ2v) is 5.92. The fourth-order valence-corrected chi connectivity index (χ4v) is 2.57. The van der Waals surface area contributed by atoms with Crippen molar-refractivity contribution in [2.24, 2.45) is 0 Å². The Morgan fingerprint density at radius 2 is 2.14 bits per heavy atom. The van der Waals surface area contributed by atoms with Gasteiger partial charge in [0, 0.05) is 23.9 Å². The van der Waals surface area contributed by atoms with E-state index in [4.69, 9.17) is 4.52 Å². The number of benzene rings is 1. The molecule has 0 fully saturated rings. The summed E-state index contributed by atoms with van der Waals surface area (Å²) in [7, 11) is 0. The summed E-state index contributed by atoms with van der Waals surface area (Å²) in [6.45, 7) is 1.85. The molecular weight excluding hydrogens is 288 g/mol.